The highest BCUT2D eigenvalue weighted by Gasteiger charge is 2.31. The number of aryl methyl sites for hydroxylation is 1. The number of nitrogens with zero attached hydrogens (tertiary/aromatic N) is 2. The number of halogens is 2. The molecule has 0 saturated carbocycles. The van der Waals surface area contributed by atoms with Gasteiger partial charge in [-0.25, -0.2) is 4.39 Å². The van der Waals surface area contributed by atoms with Crippen molar-refractivity contribution in [3.05, 3.63) is 57.4 Å². The van der Waals surface area contributed by atoms with Gasteiger partial charge in [-0.3, -0.25) is 9.78 Å². The molecule has 4 rings (SSSR count). The number of ether oxygens (including phenoxy) is 1. The fourth-order valence-electron chi connectivity index (χ4n) is 5.22. The Hall–Kier alpha value is -2.22. The first-order valence-electron chi connectivity index (χ1n) is 12.2. The molecule has 1 aliphatic rings. The first-order valence-corrected chi connectivity index (χ1v) is 13.4. The van der Waals surface area contributed by atoms with Crippen molar-refractivity contribution in [2.24, 2.45) is 11.8 Å². The lowest BCUT2D eigenvalue weighted by Gasteiger charge is -2.38. The fourth-order valence-corrected chi connectivity index (χ4v) is 6.40. The summed E-state index contributed by atoms with van der Waals surface area (Å²) in [6.07, 6.45) is 4.52. The summed E-state index contributed by atoms with van der Waals surface area (Å²) in [7, 11) is 1.59. The smallest absolute Gasteiger partial charge is 0.303 e. The number of rotatable bonds is 11. The monoisotopic (exact) mass is 518 g/mol. The van der Waals surface area contributed by atoms with Gasteiger partial charge < -0.3 is 14.7 Å². The summed E-state index contributed by atoms with van der Waals surface area (Å²) >= 11 is 7.88. The average Bonchev–Trinajstić information content (AvgIpc) is 3.26. The van der Waals surface area contributed by atoms with Gasteiger partial charge in [0.25, 0.3) is 0 Å². The number of carbonyl (C=O) groups is 1. The molecule has 1 fully saturated rings. The zero-order chi connectivity index (χ0) is 24.8. The van der Waals surface area contributed by atoms with E-state index in [1.165, 1.54) is 4.88 Å². The van der Waals surface area contributed by atoms with Crippen LogP contribution in [0, 0.1) is 11.8 Å². The number of benzene rings is 1. The van der Waals surface area contributed by atoms with Crippen molar-refractivity contribution < 1.29 is 19.0 Å². The Morgan fingerprint density at radius 1 is 1.34 bits per heavy atom. The summed E-state index contributed by atoms with van der Waals surface area (Å²) in [6, 6.07) is 9.17. The van der Waals surface area contributed by atoms with Gasteiger partial charge in [-0.1, -0.05) is 11.6 Å². The molecule has 188 valence electrons. The van der Waals surface area contributed by atoms with Gasteiger partial charge in [-0.15, -0.1) is 11.3 Å². The van der Waals surface area contributed by atoms with Gasteiger partial charge >= 0.3 is 5.97 Å². The third kappa shape index (κ3) is 6.72. The van der Waals surface area contributed by atoms with E-state index >= 15 is 4.39 Å². The third-order valence-corrected chi connectivity index (χ3v) is 8.54. The fraction of sp³-hybridized carbons (Fsp3) is 0.481. The lowest BCUT2D eigenvalue weighted by Crippen LogP contribution is -2.42. The van der Waals surface area contributed by atoms with Gasteiger partial charge in [0.1, 0.15) is 11.9 Å². The Balaban J connectivity index is 1.35. The van der Waals surface area contributed by atoms with E-state index in [4.69, 9.17) is 16.3 Å². The van der Waals surface area contributed by atoms with Crippen molar-refractivity contribution >= 4 is 39.8 Å². The minimum absolute atomic E-state index is 0.0352. The zero-order valence-electron chi connectivity index (χ0n) is 20.0. The minimum atomic E-state index is -1.13. The second kappa shape index (κ2) is 12.2. The molecule has 1 saturated heterocycles. The van der Waals surface area contributed by atoms with Gasteiger partial charge in [-0.2, -0.15) is 0 Å². The number of fused-ring (bicyclic) bond motifs is 1. The lowest BCUT2D eigenvalue weighted by molar-refractivity contribution is -0.139. The molecule has 1 N–H and O–H groups in total. The highest BCUT2D eigenvalue weighted by atomic mass is 35.5. The number of hydrogen-bond donors (Lipinski definition) is 1. The van der Waals surface area contributed by atoms with Crippen LogP contribution in [-0.4, -0.2) is 47.7 Å². The molecule has 0 radical (unpaired) electrons. The number of hydrogen-bond acceptors (Lipinski definition) is 5. The van der Waals surface area contributed by atoms with Crippen LogP contribution in [-0.2, 0) is 11.2 Å². The van der Waals surface area contributed by atoms with Gasteiger partial charge in [-0.05, 0) is 98.3 Å². The molecule has 1 aliphatic heterocycles. The van der Waals surface area contributed by atoms with E-state index in [0.717, 1.165) is 54.8 Å². The molecule has 2 aromatic heterocycles. The van der Waals surface area contributed by atoms with E-state index in [1.807, 2.05) is 29.6 Å². The molecule has 5 nitrogen and oxygen atoms in total. The molecular formula is C27H32ClFN2O3S. The molecule has 0 aliphatic carbocycles. The topological polar surface area (TPSA) is 62.7 Å². The molecule has 35 heavy (non-hydrogen) atoms. The average molecular weight is 519 g/mol. The van der Waals surface area contributed by atoms with Crippen LogP contribution in [0.15, 0.2) is 41.9 Å². The van der Waals surface area contributed by atoms with Gasteiger partial charge in [0, 0.05) is 29.4 Å². The van der Waals surface area contributed by atoms with Crippen molar-refractivity contribution in [2.45, 2.75) is 44.7 Å². The van der Waals surface area contributed by atoms with E-state index < -0.39 is 12.1 Å². The van der Waals surface area contributed by atoms with Crippen LogP contribution in [0.4, 0.5) is 4.39 Å². The first-order chi connectivity index (χ1) is 16.9. The molecular weight excluding hydrogens is 487 g/mol. The summed E-state index contributed by atoms with van der Waals surface area (Å²) in [6.45, 7) is 2.60. The van der Waals surface area contributed by atoms with Crippen LogP contribution in [0.5, 0.6) is 5.75 Å². The second-order valence-corrected chi connectivity index (χ2v) is 10.7. The Bertz CT molecular complexity index is 1140. The van der Waals surface area contributed by atoms with Crippen molar-refractivity contribution in [3.8, 4) is 5.75 Å². The quantitative estimate of drug-likeness (QED) is 0.302. The minimum Gasteiger partial charge on any atom is -0.497 e. The van der Waals surface area contributed by atoms with Crippen LogP contribution < -0.4 is 4.74 Å². The van der Waals surface area contributed by atoms with Crippen LogP contribution in [0.3, 0.4) is 0 Å². The van der Waals surface area contributed by atoms with Crippen LogP contribution in [0.2, 0.25) is 5.02 Å². The molecule has 0 spiro atoms. The predicted octanol–water partition coefficient (Wildman–Crippen LogP) is 6.79. The van der Waals surface area contributed by atoms with E-state index in [2.05, 4.69) is 9.88 Å². The summed E-state index contributed by atoms with van der Waals surface area (Å²) in [5.74, 6) is 0.133. The Morgan fingerprint density at radius 2 is 2.20 bits per heavy atom. The third-order valence-electron chi connectivity index (χ3n) is 7.09. The largest absolute Gasteiger partial charge is 0.497 e. The zero-order valence-corrected chi connectivity index (χ0v) is 21.5. The number of carboxylic acid groups (broad SMARTS) is 1. The molecule has 3 heterocycles. The van der Waals surface area contributed by atoms with Crippen molar-refractivity contribution in [3.63, 3.8) is 0 Å². The predicted molar refractivity (Wildman–Crippen MR) is 139 cm³/mol. The van der Waals surface area contributed by atoms with E-state index in [-0.39, 0.29) is 18.3 Å². The number of likely N-dealkylation sites (tertiary alicyclic amines) is 1. The highest BCUT2D eigenvalue weighted by Crippen LogP contribution is 2.36. The number of thiophene rings is 1. The van der Waals surface area contributed by atoms with Gasteiger partial charge in [0.15, 0.2) is 0 Å². The van der Waals surface area contributed by atoms with Crippen molar-refractivity contribution in [1.82, 2.24) is 9.88 Å². The number of carboxylic acids is 1. The summed E-state index contributed by atoms with van der Waals surface area (Å²) in [5, 5.41) is 13.1. The Kier molecular flexibility index (Phi) is 8.98. The molecule has 3 atom stereocenters. The van der Waals surface area contributed by atoms with Gasteiger partial charge in [0.05, 0.1) is 17.6 Å². The van der Waals surface area contributed by atoms with Crippen LogP contribution >= 0.6 is 22.9 Å². The van der Waals surface area contributed by atoms with Crippen molar-refractivity contribution in [1.29, 1.82) is 0 Å². The van der Waals surface area contributed by atoms with E-state index in [0.29, 0.717) is 24.2 Å². The Morgan fingerprint density at radius 3 is 2.94 bits per heavy atom. The maximum absolute atomic E-state index is 15.5. The molecule has 0 bridgehead atoms. The standard InChI is InChI=1S/C27H32ClFN2O3S/c1-34-20-5-7-25-22(16-20)21(8-11-30-25)24(29)6-4-18-9-13-31(17-19(18)15-27(32)33)12-2-3-26-23(28)10-14-35-26/h5,7-8,10-11,14,16,18-19,24H,2-4,6,9,12-13,15,17H2,1H3,(H,32,33)/t18-,19+,24-/m1/s1. The maximum atomic E-state index is 15.5. The van der Waals surface area contributed by atoms with Crippen molar-refractivity contribution in [2.75, 3.05) is 26.7 Å². The van der Waals surface area contributed by atoms with Crippen LogP contribution in [0.1, 0.15) is 48.7 Å². The molecule has 0 unspecified atom stereocenters. The normalized spacial score (nSPS) is 19.6. The van der Waals surface area contributed by atoms with E-state index in [1.54, 1.807) is 30.7 Å². The lowest BCUT2D eigenvalue weighted by atomic mass is 9.79. The summed E-state index contributed by atoms with van der Waals surface area (Å²) in [4.78, 5) is 19.5. The molecule has 8 heteroatoms. The number of methoxy groups -OCH3 is 1. The van der Waals surface area contributed by atoms with E-state index in [9.17, 15) is 9.90 Å². The summed E-state index contributed by atoms with van der Waals surface area (Å²) in [5.41, 5.74) is 1.36. The number of pyridine rings is 1. The first kappa shape index (κ1) is 25.9. The number of aliphatic carboxylic acids is 1. The number of piperidine rings is 1. The molecule has 3 aromatic rings. The highest BCUT2D eigenvalue weighted by molar-refractivity contribution is 7.10. The molecule has 0 amide bonds. The number of alkyl halides is 1. The van der Waals surface area contributed by atoms with Gasteiger partial charge in [0.2, 0.25) is 0 Å². The van der Waals surface area contributed by atoms with Crippen LogP contribution in [0.25, 0.3) is 10.9 Å². The number of aromatic nitrogens is 1. The molecule has 1 aromatic carbocycles. The maximum Gasteiger partial charge on any atom is 0.303 e. The Labute approximate surface area is 214 Å². The SMILES string of the molecule is COc1ccc2nccc([C@H](F)CC[C@@H]3CCN(CCCc4sccc4Cl)C[C@@H]3CC(=O)O)c2c1. The summed E-state index contributed by atoms with van der Waals surface area (Å²) < 4.78 is 20.8. The second-order valence-electron chi connectivity index (χ2n) is 9.33.